The molecule has 2 heterocycles. The first-order valence-corrected chi connectivity index (χ1v) is 11.3. The average Bonchev–Trinajstić information content (AvgIpc) is 3.15. The van der Waals surface area contributed by atoms with Gasteiger partial charge in [0.15, 0.2) is 5.96 Å². The van der Waals surface area contributed by atoms with Gasteiger partial charge >= 0.3 is 0 Å². The van der Waals surface area contributed by atoms with Gasteiger partial charge < -0.3 is 19.9 Å². The molecule has 174 valence electrons. The van der Waals surface area contributed by atoms with Crippen LogP contribution in [0.2, 0.25) is 0 Å². The number of carbonyl (C=O) groups is 1. The van der Waals surface area contributed by atoms with Gasteiger partial charge in [0.2, 0.25) is 0 Å². The van der Waals surface area contributed by atoms with Crippen LogP contribution in [0.25, 0.3) is 0 Å². The van der Waals surface area contributed by atoms with Gasteiger partial charge in [0.25, 0.3) is 5.91 Å². The highest BCUT2D eigenvalue weighted by Gasteiger charge is 2.27. The van der Waals surface area contributed by atoms with Crippen LogP contribution in [0.1, 0.15) is 56.5 Å². The number of guanidine groups is 1. The van der Waals surface area contributed by atoms with Gasteiger partial charge in [-0.2, -0.15) is 0 Å². The smallest absolute Gasteiger partial charge is 0.254 e. The summed E-state index contributed by atoms with van der Waals surface area (Å²) in [7, 11) is 1.85. The Morgan fingerprint density at radius 1 is 1.13 bits per heavy atom. The number of halogens is 1. The van der Waals surface area contributed by atoms with E-state index in [0.29, 0.717) is 19.6 Å². The van der Waals surface area contributed by atoms with Gasteiger partial charge in [-0.3, -0.25) is 9.79 Å². The van der Waals surface area contributed by atoms with Gasteiger partial charge in [0.1, 0.15) is 0 Å². The van der Waals surface area contributed by atoms with Crippen LogP contribution in [0, 0.1) is 11.8 Å². The third-order valence-corrected chi connectivity index (χ3v) is 5.96. The molecule has 2 aliphatic heterocycles. The topological polar surface area (TPSA) is 57.2 Å². The van der Waals surface area contributed by atoms with Crippen molar-refractivity contribution in [1.82, 2.24) is 15.1 Å². The van der Waals surface area contributed by atoms with E-state index in [1.54, 1.807) is 0 Å². The second-order valence-corrected chi connectivity index (χ2v) is 9.30. The summed E-state index contributed by atoms with van der Waals surface area (Å²) in [6, 6.07) is 7.93. The molecule has 0 aliphatic carbocycles. The third kappa shape index (κ3) is 7.34. The minimum Gasteiger partial charge on any atom is -0.372 e. The highest BCUT2D eigenvalue weighted by Crippen LogP contribution is 2.23. The predicted octanol–water partition coefficient (Wildman–Crippen LogP) is 4.00. The van der Waals surface area contributed by atoms with Crippen LogP contribution in [0.3, 0.4) is 0 Å². The predicted molar refractivity (Wildman–Crippen MR) is 137 cm³/mol. The third-order valence-electron chi connectivity index (χ3n) is 5.96. The number of hydrogen-bond acceptors (Lipinski definition) is 3. The van der Waals surface area contributed by atoms with Crippen LogP contribution in [-0.2, 0) is 11.3 Å². The molecule has 2 saturated heterocycles. The molecular weight excluding hydrogens is 503 g/mol. The van der Waals surface area contributed by atoms with Gasteiger partial charge in [0.05, 0.1) is 12.2 Å². The van der Waals surface area contributed by atoms with Gasteiger partial charge in [-0.25, -0.2) is 0 Å². The van der Waals surface area contributed by atoms with Crippen molar-refractivity contribution in [2.75, 3.05) is 33.2 Å². The molecule has 1 N–H and O–H groups in total. The van der Waals surface area contributed by atoms with Gasteiger partial charge in [0, 0.05) is 45.3 Å². The fraction of sp³-hybridized carbons (Fsp3) is 0.667. The lowest BCUT2D eigenvalue weighted by Crippen LogP contribution is -2.48. The minimum absolute atomic E-state index is 0. The van der Waals surface area contributed by atoms with E-state index in [1.165, 1.54) is 12.8 Å². The second-order valence-electron chi connectivity index (χ2n) is 9.30. The van der Waals surface area contributed by atoms with Gasteiger partial charge in [-0.15, -0.1) is 24.0 Å². The van der Waals surface area contributed by atoms with Crippen LogP contribution >= 0.6 is 24.0 Å². The van der Waals surface area contributed by atoms with Crippen molar-refractivity contribution >= 4 is 35.8 Å². The molecule has 1 aromatic carbocycles. The summed E-state index contributed by atoms with van der Waals surface area (Å²) in [5, 5.41) is 3.49. The standard InChI is InChI=1S/C24H38N4O2.HI/c1-17(2)12-21-10-11-27(16-21)24(25-5)26-13-20-6-8-22(9-7-20)23(29)28-14-18(3)30-19(4)15-28;/h6-9,17-19,21H,10-16H2,1-5H3,(H,25,26);1H. The summed E-state index contributed by atoms with van der Waals surface area (Å²) >= 11 is 0. The summed E-state index contributed by atoms with van der Waals surface area (Å²) in [5.41, 5.74) is 1.88. The fourth-order valence-electron chi connectivity index (χ4n) is 4.69. The zero-order valence-electron chi connectivity index (χ0n) is 19.6. The van der Waals surface area contributed by atoms with E-state index in [2.05, 4.69) is 29.1 Å². The number of aliphatic imine (C=N–C) groups is 1. The average molecular weight is 543 g/mol. The van der Waals surface area contributed by atoms with Gasteiger partial charge in [-0.1, -0.05) is 26.0 Å². The molecule has 2 aliphatic rings. The number of nitrogens with zero attached hydrogens (tertiary/aromatic N) is 3. The van der Waals surface area contributed by atoms with E-state index >= 15 is 0 Å². The number of benzene rings is 1. The lowest BCUT2D eigenvalue weighted by molar-refractivity contribution is -0.0586. The molecule has 3 unspecified atom stereocenters. The van der Waals surface area contributed by atoms with Crippen molar-refractivity contribution in [3.63, 3.8) is 0 Å². The molecule has 7 heteroatoms. The van der Waals surface area contributed by atoms with Crippen molar-refractivity contribution in [2.45, 2.75) is 59.3 Å². The molecule has 1 amide bonds. The molecule has 0 saturated carbocycles. The van der Waals surface area contributed by atoms with Crippen LogP contribution in [0.5, 0.6) is 0 Å². The second kappa shape index (κ2) is 12.0. The van der Waals surface area contributed by atoms with Crippen molar-refractivity contribution in [2.24, 2.45) is 16.8 Å². The maximum Gasteiger partial charge on any atom is 0.254 e. The maximum atomic E-state index is 12.8. The molecule has 3 atom stereocenters. The van der Waals surface area contributed by atoms with Crippen LogP contribution in [0.15, 0.2) is 29.3 Å². The molecule has 6 nitrogen and oxygen atoms in total. The van der Waals surface area contributed by atoms with Crippen molar-refractivity contribution in [1.29, 1.82) is 0 Å². The Balaban J connectivity index is 0.00000341. The Hall–Kier alpha value is -1.35. The number of morpholine rings is 1. The Morgan fingerprint density at radius 3 is 2.35 bits per heavy atom. The summed E-state index contributed by atoms with van der Waals surface area (Å²) in [4.78, 5) is 21.6. The SMILES string of the molecule is CN=C(NCc1ccc(C(=O)N2CC(C)OC(C)C2)cc1)N1CCC(CC(C)C)C1.I. The minimum atomic E-state index is 0. The first kappa shape index (κ1) is 25.9. The summed E-state index contributed by atoms with van der Waals surface area (Å²) in [6.45, 7) is 12.8. The quantitative estimate of drug-likeness (QED) is 0.347. The highest BCUT2D eigenvalue weighted by atomic mass is 127. The number of hydrogen-bond donors (Lipinski definition) is 1. The van der Waals surface area contributed by atoms with Crippen molar-refractivity contribution in [3.8, 4) is 0 Å². The van der Waals surface area contributed by atoms with E-state index in [0.717, 1.165) is 42.0 Å². The largest absolute Gasteiger partial charge is 0.372 e. The lowest BCUT2D eigenvalue weighted by atomic mass is 9.97. The Bertz CT molecular complexity index is 728. The number of likely N-dealkylation sites (tertiary alicyclic amines) is 1. The van der Waals surface area contributed by atoms with Crippen LogP contribution in [0.4, 0.5) is 0 Å². The molecule has 31 heavy (non-hydrogen) atoms. The molecular formula is C24H39IN4O2. The van der Waals surface area contributed by atoms with E-state index in [1.807, 2.05) is 50.1 Å². The molecule has 1 aromatic rings. The van der Waals surface area contributed by atoms with Crippen LogP contribution in [-0.4, -0.2) is 67.1 Å². The zero-order valence-corrected chi connectivity index (χ0v) is 22.0. The monoisotopic (exact) mass is 542 g/mol. The molecule has 0 spiro atoms. The van der Waals surface area contributed by atoms with Gasteiger partial charge in [-0.05, 0) is 56.2 Å². The molecule has 0 bridgehead atoms. The molecule has 0 radical (unpaired) electrons. The number of ether oxygens (including phenoxy) is 1. The maximum absolute atomic E-state index is 12.8. The fourth-order valence-corrected chi connectivity index (χ4v) is 4.69. The van der Waals surface area contributed by atoms with Crippen LogP contribution < -0.4 is 5.32 Å². The van der Waals surface area contributed by atoms with E-state index < -0.39 is 0 Å². The van der Waals surface area contributed by atoms with E-state index in [4.69, 9.17) is 4.74 Å². The first-order chi connectivity index (χ1) is 14.4. The molecule has 3 rings (SSSR count). The first-order valence-electron chi connectivity index (χ1n) is 11.3. The number of carbonyl (C=O) groups excluding carboxylic acids is 1. The Kier molecular flexibility index (Phi) is 10.1. The van der Waals surface area contributed by atoms with Crippen molar-refractivity contribution in [3.05, 3.63) is 35.4 Å². The number of rotatable bonds is 5. The number of nitrogens with one attached hydrogen (secondary N) is 1. The normalized spacial score (nSPS) is 24.3. The van der Waals surface area contributed by atoms with E-state index in [9.17, 15) is 4.79 Å². The van der Waals surface area contributed by atoms with E-state index in [-0.39, 0.29) is 42.1 Å². The number of amides is 1. The Labute approximate surface area is 204 Å². The Morgan fingerprint density at radius 2 is 1.77 bits per heavy atom. The molecule has 0 aromatic heterocycles. The molecule has 2 fully saturated rings. The zero-order chi connectivity index (χ0) is 21.7. The highest BCUT2D eigenvalue weighted by molar-refractivity contribution is 14.0. The van der Waals surface area contributed by atoms with Crippen molar-refractivity contribution < 1.29 is 9.53 Å². The summed E-state index contributed by atoms with van der Waals surface area (Å²) in [5.74, 6) is 2.56. The lowest BCUT2D eigenvalue weighted by Gasteiger charge is -2.35. The summed E-state index contributed by atoms with van der Waals surface area (Å²) in [6.07, 6.45) is 2.69. The summed E-state index contributed by atoms with van der Waals surface area (Å²) < 4.78 is 5.74.